The number of sulfone groups is 1. The summed E-state index contributed by atoms with van der Waals surface area (Å²) in [5.41, 5.74) is 6.06. The van der Waals surface area contributed by atoms with Gasteiger partial charge in [0.05, 0.1) is 10.4 Å². The zero-order valence-electron chi connectivity index (χ0n) is 11.3. The van der Waals surface area contributed by atoms with Crippen molar-refractivity contribution in [3.63, 3.8) is 0 Å². The highest BCUT2D eigenvalue weighted by Gasteiger charge is 2.28. The molecule has 0 amide bonds. The lowest BCUT2D eigenvalue weighted by Crippen LogP contribution is -2.47. The van der Waals surface area contributed by atoms with Gasteiger partial charge in [0, 0.05) is 6.26 Å². The third kappa shape index (κ3) is 3.94. The Morgan fingerprint density at radius 2 is 1.74 bits per heavy atom. The lowest BCUT2D eigenvalue weighted by molar-refractivity contribution is 0.173. The van der Waals surface area contributed by atoms with E-state index >= 15 is 0 Å². The second kappa shape index (κ2) is 5.51. The van der Waals surface area contributed by atoms with Gasteiger partial charge in [0.1, 0.15) is 12.4 Å². The van der Waals surface area contributed by atoms with E-state index in [4.69, 9.17) is 10.5 Å². The molecule has 0 radical (unpaired) electrons. The van der Waals surface area contributed by atoms with Gasteiger partial charge >= 0.3 is 0 Å². The van der Waals surface area contributed by atoms with Crippen molar-refractivity contribution in [2.45, 2.75) is 42.5 Å². The van der Waals surface area contributed by atoms with Crippen LogP contribution < -0.4 is 10.5 Å². The number of ether oxygens (including phenoxy) is 1. The SMILES string of the molecule is CS(=O)(=O)c1ccc(OCC2(N)CCCCC2)cc1. The van der Waals surface area contributed by atoms with Gasteiger partial charge in [-0.3, -0.25) is 0 Å². The summed E-state index contributed by atoms with van der Waals surface area (Å²) in [6, 6.07) is 6.49. The maximum absolute atomic E-state index is 11.3. The van der Waals surface area contributed by atoms with E-state index in [0.717, 1.165) is 25.7 Å². The molecule has 1 aromatic carbocycles. The molecule has 0 aliphatic heterocycles. The van der Waals surface area contributed by atoms with Gasteiger partial charge in [-0.25, -0.2) is 8.42 Å². The molecule has 1 aliphatic carbocycles. The molecule has 1 aromatic rings. The summed E-state index contributed by atoms with van der Waals surface area (Å²) in [5.74, 6) is 0.669. The van der Waals surface area contributed by atoms with Crippen molar-refractivity contribution in [2.24, 2.45) is 5.73 Å². The van der Waals surface area contributed by atoms with Crippen LogP contribution in [0.5, 0.6) is 5.75 Å². The quantitative estimate of drug-likeness (QED) is 0.919. The molecular formula is C14H21NO3S. The van der Waals surface area contributed by atoms with Crippen LogP contribution in [0.15, 0.2) is 29.2 Å². The second-order valence-corrected chi connectivity index (χ2v) is 7.47. The van der Waals surface area contributed by atoms with Crippen molar-refractivity contribution in [1.29, 1.82) is 0 Å². The Morgan fingerprint density at radius 1 is 1.16 bits per heavy atom. The van der Waals surface area contributed by atoms with Crippen LogP contribution >= 0.6 is 0 Å². The summed E-state index contributed by atoms with van der Waals surface area (Å²) in [7, 11) is -3.15. The van der Waals surface area contributed by atoms with E-state index in [1.165, 1.54) is 12.7 Å². The van der Waals surface area contributed by atoms with E-state index in [2.05, 4.69) is 0 Å². The molecule has 0 aromatic heterocycles. The summed E-state index contributed by atoms with van der Waals surface area (Å²) in [6.45, 7) is 0.491. The summed E-state index contributed by atoms with van der Waals surface area (Å²) >= 11 is 0. The summed E-state index contributed by atoms with van der Waals surface area (Å²) < 4.78 is 28.4. The number of nitrogens with two attached hydrogens (primary N) is 1. The first kappa shape index (κ1) is 14.3. The predicted octanol–water partition coefficient (Wildman–Crippen LogP) is 2.13. The van der Waals surface area contributed by atoms with Crippen LogP contribution in [0.3, 0.4) is 0 Å². The fourth-order valence-electron chi connectivity index (χ4n) is 2.41. The van der Waals surface area contributed by atoms with Crippen LogP contribution in [0.25, 0.3) is 0 Å². The van der Waals surface area contributed by atoms with Gasteiger partial charge in [-0.05, 0) is 37.1 Å². The Hall–Kier alpha value is -1.07. The van der Waals surface area contributed by atoms with Crippen LogP contribution in [0.4, 0.5) is 0 Å². The highest BCUT2D eigenvalue weighted by Crippen LogP contribution is 2.27. The standard InChI is InChI=1S/C14H21NO3S/c1-19(16,17)13-7-5-12(6-8-13)18-11-14(15)9-3-2-4-10-14/h5-8H,2-4,9-11,15H2,1H3. The predicted molar refractivity (Wildman–Crippen MR) is 75.1 cm³/mol. The molecular weight excluding hydrogens is 262 g/mol. The van der Waals surface area contributed by atoms with Gasteiger partial charge in [0.25, 0.3) is 0 Å². The van der Waals surface area contributed by atoms with E-state index < -0.39 is 9.84 Å². The average molecular weight is 283 g/mol. The Labute approximate surface area is 114 Å². The number of benzene rings is 1. The van der Waals surface area contributed by atoms with E-state index in [0.29, 0.717) is 17.3 Å². The highest BCUT2D eigenvalue weighted by atomic mass is 32.2. The minimum absolute atomic E-state index is 0.228. The van der Waals surface area contributed by atoms with Crippen molar-refractivity contribution >= 4 is 9.84 Å². The summed E-state index contributed by atoms with van der Waals surface area (Å²) in [5, 5.41) is 0. The minimum Gasteiger partial charge on any atom is -0.492 e. The molecule has 2 rings (SSSR count). The van der Waals surface area contributed by atoms with E-state index in [1.54, 1.807) is 24.3 Å². The van der Waals surface area contributed by atoms with Crippen molar-refractivity contribution in [3.05, 3.63) is 24.3 Å². The van der Waals surface area contributed by atoms with Crippen LogP contribution in [-0.2, 0) is 9.84 Å². The molecule has 1 fully saturated rings. The van der Waals surface area contributed by atoms with E-state index in [1.807, 2.05) is 0 Å². The molecule has 1 saturated carbocycles. The van der Waals surface area contributed by atoms with Crippen molar-refractivity contribution in [3.8, 4) is 5.75 Å². The Kier molecular flexibility index (Phi) is 4.16. The molecule has 19 heavy (non-hydrogen) atoms. The van der Waals surface area contributed by atoms with Gasteiger partial charge in [-0.1, -0.05) is 19.3 Å². The van der Waals surface area contributed by atoms with Crippen LogP contribution in [0.1, 0.15) is 32.1 Å². The maximum atomic E-state index is 11.3. The molecule has 0 atom stereocenters. The third-order valence-electron chi connectivity index (χ3n) is 3.63. The Balaban J connectivity index is 1.96. The molecule has 2 N–H and O–H groups in total. The number of hydrogen-bond acceptors (Lipinski definition) is 4. The molecule has 4 nitrogen and oxygen atoms in total. The first-order valence-corrected chi connectivity index (χ1v) is 8.50. The van der Waals surface area contributed by atoms with Crippen LogP contribution in [0, 0.1) is 0 Å². The smallest absolute Gasteiger partial charge is 0.175 e. The van der Waals surface area contributed by atoms with Gasteiger partial charge in [-0.2, -0.15) is 0 Å². The molecule has 0 unspecified atom stereocenters. The highest BCUT2D eigenvalue weighted by molar-refractivity contribution is 7.90. The fourth-order valence-corrected chi connectivity index (χ4v) is 3.04. The van der Waals surface area contributed by atoms with E-state index in [-0.39, 0.29) is 5.54 Å². The van der Waals surface area contributed by atoms with Gasteiger partial charge in [-0.15, -0.1) is 0 Å². The van der Waals surface area contributed by atoms with Crippen LogP contribution in [0.2, 0.25) is 0 Å². The monoisotopic (exact) mass is 283 g/mol. The summed E-state index contributed by atoms with van der Waals surface area (Å²) in [6.07, 6.45) is 6.75. The van der Waals surface area contributed by atoms with Gasteiger partial charge in [0.2, 0.25) is 0 Å². The Bertz CT molecular complexity index is 516. The number of hydrogen-bond donors (Lipinski definition) is 1. The molecule has 106 valence electrons. The third-order valence-corrected chi connectivity index (χ3v) is 4.76. The first-order valence-electron chi connectivity index (χ1n) is 6.61. The van der Waals surface area contributed by atoms with Gasteiger partial charge in [0.15, 0.2) is 9.84 Å². The lowest BCUT2D eigenvalue weighted by Gasteiger charge is -2.33. The van der Waals surface area contributed by atoms with Crippen LogP contribution in [-0.4, -0.2) is 26.8 Å². The molecule has 0 saturated heterocycles. The summed E-state index contributed by atoms with van der Waals surface area (Å²) in [4.78, 5) is 0.306. The Morgan fingerprint density at radius 3 is 2.26 bits per heavy atom. The zero-order chi connectivity index (χ0) is 13.9. The van der Waals surface area contributed by atoms with E-state index in [9.17, 15) is 8.42 Å². The van der Waals surface area contributed by atoms with Crippen molar-refractivity contribution < 1.29 is 13.2 Å². The van der Waals surface area contributed by atoms with Gasteiger partial charge < -0.3 is 10.5 Å². The fraction of sp³-hybridized carbons (Fsp3) is 0.571. The molecule has 0 bridgehead atoms. The average Bonchev–Trinajstić information content (AvgIpc) is 2.37. The largest absolute Gasteiger partial charge is 0.492 e. The normalized spacial score (nSPS) is 19.1. The lowest BCUT2D eigenvalue weighted by atomic mass is 9.83. The van der Waals surface area contributed by atoms with Crippen molar-refractivity contribution in [2.75, 3.05) is 12.9 Å². The number of rotatable bonds is 4. The second-order valence-electron chi connectivity index (χ2n) is 5.46. The maximum Gasteiger partial charge on any atom is 0.175 e. The molecule has 1 aliphatic rings. The topological polar surface area (TPSA) is 69.4 Å². The van der Waals surface area contributed by atoms with Crippen molar-refractivity contribution in [1.82, 2.24) is 0 Å². The molecule has 5 heteroatoms. The minimum atomic E-state index is -3.15. The molecule has 0 heterocycles. The zero-order valence-corrected chi connectivity index (χ0v) is 12.1. The molecule has 0 spiro atoms. The first-order chi connectivity index (χ1) is 8.89.